The van der Waals surface area contributed by atoms with Crippen LogP contribution in [0.15, 0.2) is 24.3 Å². The second-order valence-corrected chi connectivity index (χ2v) is 3.21. The Morgan fingerprint density at radius 3 is 1.58 bits per heavy atom. The highest BCUT2D eigenvalue weighted by Gasteiger charge is 2.21. The van der Waals surface area contributed by atoms with Gasteiger partial charge in [-0.05, 0) is 35.1 Å². The van der Waals surface area contributed by atoms with Crippen LogP contribution in [-0.4, -0.2) is 0 Å². The van der Waals surface area contributed by atoms with Crippen molar-refractivity contribution in [3.8, 4) is 0 Å². The molecule has 0 heterocycles. The van der Waals surface area contributed by atoms with Gasteiger partial charge >= 0.3 is 0 Å². The highest BCUT2D eigenvalue weighted by molar-refractivity contribution is 6.03. The van der Waals surface area contributed by atoms with Crippen molar-refractivity contribution in [1.82, 2.24) is 0 Å². The van der Waals surface area contributed by atoms with Crippen molar-refractivity contribution in [2.45, 2.75) is 26.7 Å². The molecule has 2 rings (SSSR count). The molecule has 0 spiro atoms. The van der Waals surface area contributed by atoms with Gasteiger partial charge in [0.1, 0.15) is 0 Å². The second-order valence-electron chi connectivity index (χ2n) is 3.21. The molecule has 1 aliphatic rings. The van der Waals surface area contributed by atoms with Crippen LogP contribution in [0, 0.1) is 0 Å². The van der Waals surface area contributed by atoms with E-state index in [1.54, 1.807) is 11.1 Å². The normalized spacial score (nSPS) is 14.2. The lowest BCUT2D eigenvalue weighted by Gasteiger charge is -2.26. The van der Waals surface area contributed by atoms with Crippen LogP contribution in [0.1, 0.15) is 37.8 Å². The highest BCUT2D eigenvalue weighted by Crippen LogP contribution is 2.43. The van der Waals surface area contributed by atoms with Crippen LogP contribution >= 0.6 is 0 Å². The third-order valence-electron chi connectivity index (χ3n) is 2.65. The minimum atomic E-state index is 1.18. The van der Waals surface area contributed by atoms with Crippen molar-refractivity contribution in [2.24, 2.45) is 0 Å². The van der Waals surface area contributed by atoms with E-state index in [2.05, 4.69) is 38.1 Å². The highest BCUT2D eigenvalue weighted by atomic mass is 14.2. The Hall–Kier alpha value is -1.04. The summed E-state index contributed by atoms with van der Waals surface area (Å²) in [5.74, 6) is 0. The molecule has 0 N–H and O–H groups in total. The number of fused-ring (bicyclic) bond motifs is 1. The van der Waals surface area contributed by atoms with Crippen LogP contribution in [0.4, 0.5) is 0 Å². The molecule has 0 aliphatic heterocycles. The molecule has 0 unspecified atom stereocenters. The summed E-state index contributed by atoms with van der Waals surface area (Å²) in [6.45, 7) is 4.47. The maximum atomic E-state index is 2.24. The molecule has 0 heteroatoms. The summed E-state index contributed by atoms with van der Waals surface area (Å²) in [7, 11) is 0. The van der Waals surface area contributed by atoms with E-state index in [0.29, 0.717) is 0 Å². The first-order valence-corrected chi connectivity index (χ1v) is 4.70. The van der Waals surface area contributed by atoms with Gasteiger partial charge in [-0.3, -0.25) is 0 Å². The molecular weight excluding hydrogens is 144 g/mol. The van der Waals surface area contributed by atoms with E-state index in [-0.39, 0.29) is 0 Å². The fourth-order valence-corrected chi connectivity index (χ4v) is 2.08. The van der Waals surface area contributed by atoms with E-state index in [1.165, 1.54) is 24.0 Å². The smallest absolute Gasteiger partial charge is 0.0146 e. The minimum absolute atomic E-state index is 1.18. The zero-order valence-electron chi connectivity index (χ0n) is 7.72. The lowest BCUT2D eigenvalue weighted by molar-refractivity contribution is 1.14. The van der Waals surface area contributed by atoms with Crippen molar-refractivity contribution in [3.05, 3.63) is 35.4 Å². The van der Waals surface area contributed by atoms with E-state index < -0.39 is 0 Å². The third-order valence-corrected chi connectivity index (χ3v) is 2.65. The van der Waals surface area contributed by atoms with Gasteiger partial charge in [0.25, 0.3) is 0 Å². The number of allylic oxidation sites excluding steroid dienone is 2. The fourth-order valence-electron chi connectivity index (χ4n) is 2.08. The molecule has 0 amide bonds. The molecule has 0 bridgehead atoms. The summed E-state index contributed by atoms with van der Waals surface area (Å²) in [5.41, 5.74) is 6.12. The lowest BCUT2D eigenvalue weighted by Crippen LogP contribution is -2.04. The Kier molecular flexibility index (Phi) is 1.76. The van der Waals surface area contributed by atoms with E-state index in [9.17, 15) is 0 Å². The largest absolute Gasteiger partial charge is 0.0616 e. The van der Waals surface area contributed by atoms with E-state index in [1.807, 2.05) is 0 Å². The predicted octanol–water partition coefficient (Wildman–Crippen LogP) is 3.73. The Balaban J connectivity index is 2.46. The summed E-state index contributed by atoms with van der Waals surface area (Å²) in [5, 5.41) is 0. The van der Waals surface area contributed by atoms with Crippen LogP contribution in [0.2, 0.25) is 0 Å². The van der Waals surface area contributed by atoms with Crippen molar-refractivity contribution in [3.63, 3.8) is 0 Å². The van der Waals surface area contributed by atoms with Crippen molar-refractivity contribution in [1.29, 1.82) is 0 Å². The van der Waals surface area contributed by atoms with Crippen LogP contribution in [0.3, 0.4) is 0 Å². The molecule has 0 saturated carbocycles. The maximum Gasteiger partial charge on any atom is -0.0146 e. The van der Waals surface area contributed by atoms with Crippen molar-refractivity contribution < 1.29 is 0 Å². The summed E-state index contributed by atoms with van der Waals surface area (Å²) < 4.78 is 0. The molecule has 1 aromatic carbocycles. The first kappa shape index (κ1) is 7.60. The fraction of sp³-hybridized carbons (Fsp3) is 0.333. The molecular formula is C12H14. The zero-order valence-corrected chi connectivity index (χ0v) is 7.72. The average Bonchev–Trinajstić information content (AvgIpc) is 2.08. The van der Waals surface area contributed by atoms with E-state index in [4.69, 9.17) is 0 Å². The van der Waals surface area contributed by atoms with Gasteiger partial charge in [0.15, 0.2) is 0 Å². The van der Waals surface area contributed by atoms with Gasteiger partial charge in [0, 0.05) is 0 Å². The molecule has 12 heavy (non-hydrogen) atoms. The number of rotatable bonds is 2. The first-order valence-electron chi connectivity index (χ1n) is 4.70. The van der Waals surface area contributed by atoms with Gasteiger partial charge in [-0.1, -0.05) is 38.1 Å². The molecule has 0 fully saturated rings. The van der Waals surface area contributed by atoms with Crippen LogP contribution in [0.5, 0.6) is 0 Å². The van der Waals surface area contributed by atoms with Gasteiger partial charge in [-0.25, -0.2) is 0 Å². The Labute approximate surface area is 73.9 Å². The number of hydrogen-bond donors (Lipinski definition) is 0. The van der Waals surface area contributed by atoms with E-state index >= 15 is 0 Å². The van der Waals surface area contributed by atoms with Crippen LogP contribution < -0.4 is 0 Å². The standard InChI is InChI=1S/C12H14/c1-3-9-10(4-2)12-8-6-5-7-11(9)12/h5-8H,3-4H2,1-2H3. The van der Waals surface area contributed by atoms with Gasteiger partial charge in [-0.15, -0.1) is 0 Å². The van der Waals surface area contributed by atoms with Gasteiger partial charge in [-0.2, -0.15) is 0 Å². The molecule has 0 atom stereocenters. The summed E-state index contributed by atoms with van der Waals surface area (Å²) in [4.78, 5) is 0. The van der Waals surface area contributed by atoms with Gasteiger partial charge in [0.05, 0.1) is 0 Å². The van der Waals surface area contributed by atoms with Gasteiger partial charge in [0.2, 0.25) is 0 Å². The third kappa shape index (κ3) is 0.842. The quantitative estimate of drug-likeness (QED) is 0.615. The summed E-state index contributed by atoms with van der Waals surface area (Å²) >= 11 is 0. The van der Waals surface area contributed by atoms with E-state index in [0.717, 1.165) is 0 Å². The first-order chi connectivity index (χ1) is 5.88. The summed E-state index contributed by atoms with van der Waals surface area (Å²) in [6.07, 6.45) is 2.36. The minimum Gasteiger partial charge on any atom is -0.0616 e. The maximum absolute atomic E-state index is 2.24. The monoisotopic (exact) mass is 158 g/mol. The zero-order chi connectivity index (χ0) is 8.55. The molecule has 0 radical (unpaired) electrons. The Morgan fingerprint density at radius 2 is 1.25 bits per heavy atom. The molecule has 1 aromatic rings. The molecule has 1 aliphatic carbocycles. The molecule has 0 aromatic heterocycles. The van der Waals surface area contributed by atoms with Gasteiger partial charge < -0.3 is 0 Å². The second kappa shape index (κ2) is 2.78. The Morgan fingerprint density at radius 1 is 0.833 bits per heavy atom. The molecule has 0 nitrogen and oxygen atoms in total. The number of hydrogen-bond acceptors (Lipinski definition) is 0. The van der Waals surface area contributed by atoms with Crippen LogP contribution in [-0.2, 0) is 0 Å². The molecule has 62 valence electrons. The summed E-state index contributed by atoms with van der Waals surface area (Å²) in [6, 6.07) is 8.71. The number of benzene rings is 1. The average molecular weight is 158 g/mol. The SMILES string of the molecule is CCC1=C(CC)c2ccccc21. The van der Waals surface area contributed by atoms with Crippen molar-refractivity contribution in [2.75, 3.05) is 0 Å². The molecule has 0 saturated heterocycles. The van der Waals surface area contributed by atoms with Crippen LogP contribution in [0.25, 0.3) is 11.1 Å². The topological polar surface area (TPSA) is 0 Å². The van der Waals surface area contributed by atoms with Crippen molar-refractivity contribution >= 4 is 11.1 Å². The lowest BCUT2D eigenvalue weighted by atomic mass is 9.78. The Bertz CT molecular complexity index is 299. The predicted molar refractivity (Wildman–Crippen MR) is 53.8 cm³/mol.